The summed E-state index contributed by atoms with van der Waals surface area (Å²) in [7, 11) is -0.811. The number of hydrogen-bond acceptors (Lipinski definition) is 0. The van der Waals surface area contributed by atoms with E-state index in [0.29, 0.717) is 0 Å². The Balaban J connectivity index is 0. The Labute approximate surface area is 156 Å². The second kappa shape index (κ2) is 12.2. The normalized spacial score (nSPS) is 19.6. The molecule has 3 aliphatic rings. The average molecular weight is 493 g/mol. The summed E-state index contributed by atoms with van der Waals surface area (Å²) in [6.07, 6.45) is 21.2. The Hall–Kier alpha value is 0.627. The minimum absolute atomic E-state index is 0. The summed E-state index contributed by atoms with van der Waals surface area (Å²) >= 11 is 0. The maximum absolute atomic E-state index is 2.99. The molecule has 112 valence electrons. The summed E-state index contributed by atoms with van der Waals surface area (Å²) < 4.78 is 0. The molecule has 0 N–H and O–H groups in total. The van der Waals surface area contributed by atoms with E-state index in [1.807, 2.05) is 17.3 Å². The van der Waals surface area contributed by atoms with Gasteiger partial charge in [-0.25, -0.2) is 12.2 Å². The first-order valence-electron chi connectivity index (χ1n) is 6.95. The summed E-state index contributed by atoms with van der Waals surface area (Å²) in [6.45, 7) is 2.34. The molecule has 0 aromatic rings. The van der Waals surface area contributed by atoms with E-state index < -0.39 is 8.07 Å². The van der Waals surface area contributed by atoms with Crippen LogP contribution in [0.4, 0.5) is 0 Å². The number of halogens is 2. The van der Waals surface area contributed by atoms with E-state index in [0.717, 1.165) is 6.42 Å². The smallest absolute Gasteiger partial charge is 0.0819 e. The minimum atomic E-state index is -0.811. The Morgan fingerprint density at radius 2 is 1.90 bits per heavy atom. The van der Waals surface area contributed by atoms with Gasteiger partial charge in [-0.15, -0.1) is 6.42 Å². The van der Waals surface area contributed by atoms with Gasteiger partial charge in [-0.2, -0.15) is 6.08 Å². The first-order valence-corrected chi connectivity index (χ1v) is 9.57. The maximum atomic E-state index is 2.99. The van der Waals surface area contributed by atoms with Crippen molar-refractivity contribution >= 4 is 8.07 Å². The van der Waals surface area contributed by atoms with Crippen molar-refractivity contribution in [2.24, 2.45) is 0 Å². The topological polar surface area (TPSA) is 0 Å². The van der Waals surface area contributed by atoms with Gasteiger partial charge in [0, 0.05) is 25.8 Å². The number of hydrogen-bond donors (Lipinski definition) is 0. The molecule has 0 spiro atoms. The Bertz CT molecular complexity index is 359. The zero-order valence-electron chi connectivity index (χ0n) is 12.2. The van der Waals surface area contributed by atoms with Gasteiger partial charge in [-0.05, 0) is 6.42 Å². The van der Waals surface area contributed by atoms with Crippen molar-refractivity contribution in [3.63, 3.8) is 0 Å². The van der Waals surface area contributed by atoms with Crippen LogP contribution in [-0.4, -0.2) is 8.07 Å². The molecule has 1 aliphatic heterocycles. The van der Waals surface area contributed by atoms with Crippen molar-refractivity contribution in [1.29, 1.82) is 0 Å². The standard InChI is InChI=1S/C11H18Si.C5H5.2ClH.Hf/c1-2-8-12(9-5-10-12)11-6-3-4-7-11;1-2-4-5-3-1;;;/h3-4,6H,2,5,7-10H2,1H3;1-3H,4H2;2*1H;/q;-1;;;/p-2. The first kappa shape index (κ1) is 22.9. The fourth-order valence-corrected chi connectivity index (χ4v) is 7.62. The molecule has 0 unspecified atom stereocenters. The molecule has 1 fully saturated rings. The van der Waals surface area contributed by atoms with Crippen LogP contribution in [0.2, 0.25) is 18.1 Å². The van der Waals surface area contributed by atoms with E-state index in [1.165, 1.54) is 19.3 Å². The maximum Gasteiger partial charge on any atom is 0.0819 e. The molecule has 0 saturated carbocycles. The SMILES string of the molecule is CCC[Si]1(C2=CC=CC2)CCC1.[C-]1=CC=CC1.[Cl-].[Cl-].[Hf]. The summed E-state index contributed by atoms with van der Waals surface area (Å²) in [5, 5.41) is 1.86. The van der Waals surface area contributed by atoms with Crippen LogP contribution in [0.1, 0.15) is 32.6 Å². The van der Waals surface area contributed by atoms with Crippen molar-refractivity contribution in [3.05, 3.63) is 47.7 Å². The predicted molar refractivity (Wildman–Crippen MR) is 78.5 cm³/mol. The molecule has 0 aromatic heterocycles. The third-order valence-corrected chi connectivity index (χ3v) is 9.89. The fourth-order valence-electron chi connectivity index (χ4n) is 2.99. The molecule has 0 aromatic carbocycles. The fraction of sp³-hybridized carbons (Fsp3) is 0.500. The molecular weight excluding hydrogens is 470 g/mol. The van der Waals surface area contributed by atoms with Crippen LogP contribution in [0.25, 0.3) is 0 Å². The van der Waals surface area contributed by atoms with Crippen molar-refractivity contribution in [1.82, 2.24) is 0 Å². The molecule has 1 saturated heterocycles. The molecule has 20 heavy (non-hydrogen) atoms. The summed E-state index contributed by atoms with van der Waals surface area (Å²) in [4.78, 5) is 0. The minimum Gasteiger partial charge on any atom is -1.00 e. The predicted octanol–water partition coefficient (Wildman–Crippen LogP) is -1.01. The molecule has 2 aliphatic carbocycles. The zero-order valence-corrected chi connectivity index (χ0v) is 18.3. The molecule has 1 heterocycles. The van der Waals surface area contributed by atoms with Crippen molar-refractivity contribution in [3.8, 4) is 0 Å². The van der Waals surface area contributed by atoms with Gasteiger partial charge in [0.1, 0.15) is 0 Å². The van der Waals surface area contributed by atoms with Crippen LogP contribution in [0.15, 0.2) is 41.7 Å². The van der Waals surface area contributed by atoms with Crippen LogP contribution >= 0.6 is 0 Å². The zero-order chi connectivity index (χ0) is 12.0. The average Bonchev–Trinajstić information content (AvgIpc) is 2.97. The van der Waals surface area contributed by atoms with Crippen molar-refractivity contribution < 1.29 is 50.7 Å². The second-order valence-corrected chi connectivity index (χ2v) is 9.91. The van der Waals surface area contributed by atoms with Crippen LogP contribution in [0.3, 0.4) is 0 Å². The van der Waals surface area contributed by atoms with Gasteiger partial charge in [-0.3, -0.25) is 6.08 Å². The van der Waals surface area contributed by atoms with E-state index in [2.05, 4.69) is 37.3 Å². The molecule has 0 bridgehead atoms. The second-order valence-electron chi connectivity index (χ2n) is 5.21. The number of rotatable bonds is 3. The molecule has 4 heteroatoms. The van der Waals surface area contributed by atoms with E-state index in [-0.39, 0.29) is 50.7 Å². The summed E-state index contributed by atoms with van der Waals surface area (Å²) in [6, 6.07) is 4.74. The monoisotopic (exact) mass is 493 g/mol. The van der Waals surface area contributed by atoms with Gasteiger partial charge in [0.05, 0.1) is 8.07 Å². The molecule has 0 amide bonds. The van der Waals surface area contributed by atoms with Gasteiger partial charge in [-0.1, -0.05) is 61.3 Å². The quantitative estimate of drug-likeness (QED) is 0.350. The van der Waals surface area contributed by atoms with Crippen molar-refractivity contribution in [2.75, 3.05) is 0 Å². The molecular formula is C16H23Cl2HfSi-3. The first-order chi connectivity index (χ1) is 8.37. The van der Waals surface area contributed by atoms with Gasteiger partial charge in [0.25, 0.3) is 0 Å². The third kappa shape index (κ3) is 6.17. The van der Waals surface area contributed by atoms with Gasteiger partial charge in [0.2, 0.25) is 0 Å². The van der Waals surface area contributed by atoms with Gasteiger partial charge in [0.15, 0.2) is 0 Å². The molecule has 0 atom stereocenters. The molecule has 0 nitrogen and oxygen atoms in total. The Morgan fingerprint density at radius 1 is 1.15 bits per heavy atom. The van der Waals surface area contributed by atoms with Crippen LogP contribution in [0, 0.1) is 6.08 Å². The number of allylic oxidation sites excluding steroid dienone is 8. The Morgan fingerprint density at radius 3 is 2.20 bits per heavy atom. The van der Waals surface area contributed by atoms with E-state index in [1.54, 1.807) is 18.1 Å². The van der Waals surface area contributed by atoms with E-state index in [9.17, 15) is 0 Å². The third-order valence-electron chi connectivity index (χ3n) is 4.08. The van der Waals surface area contributed by atoms with Gasteiger partial charge >= 0.3 is 0 Å². The van der Waals surface area contributed by atoms with Gasteiger partial charge < -0.3 is 24.8 Å². The largest absolute Gasteiger partial charge is 1.00 e. The van der Waals surface area contributed by atoms with Crippen molar-refractivity contribution in [2.45, 2.75) is 50.7 Å². The van der Waals surface area contributed by atoms with E-state index >= 15 is 0 Å². The van der Waals surface area contributed by atoms with E-state index in [4.69, 9.17) is 0 Å². The summed E-state index contributed by atoms with van der Waals surface area (Å²) in [5.41, 5.74) is 0. The van der Waals surface area contributed by atoms with Crippen LogP contribution < -0.4 is 24.8 Å². The Kier molecular flexibility index (Phi) is 14.0. The van der Waals surface area contributed by atoms with Crippen LogP contribution in [-0.2, 0) is 25.8 Å². The summed E-state index contributed by atoms with van der Waals surface area (Å²) in [5.74, 6) is 0. The van der Waals surface area contributed by atoms with Crippen LogP contribution in [0.5, 0.6) is 0 Å². The molecule has 0 radical (unpaired) electrons. The molecule has 3 rings (SSSR count).